The van der Waals surface area contributed by atoms with Crippen LogP contribution in [0.5, 0.6) is 0 Å². The van der Waals surface area contributed by atoms with Crippen LogP contribution in [0.1, 0.15) is 24.4 Å². The molecule has 6 nitrogen and oxygen atoms in total. The fourth-order valence-corrected chi connectivity index (χ4v) is 2.75. The molecule has 1 aliphatic heterocycles. The van der Waals surface area contributed by atoms with Gasteiger partial charge in [-0.3, -0.25) is 9.69 Å². The Bertz CT molecular complexity index is 568. The van der Waals surface area contributed by atoms with E-state index in [1.54, 1.807) is 19.0 Å². The average molecular weight is 324 g/mol. The molecule has 0 aromatic heterocycles. The van der Waals surface area contributed by atoms with Crippen molar-refractivity contribution in [2.75, 3.05) is 27.3 Å². The van der Waals surface area contributed by atoms with Crippen LogP contribution in [0.4, 0.5) is 4.39 Å². The molecule has 2 rings (SSSR count). The second-order valence-electron chi connectivity index (χ2n) is 5.91. The summed E-state index contributed by atoms with van der Waals surface area (Å²) < 4.78 is 18.3. The number of hydrogen-bond donors (Lipinski definition) is 2. The topological polar surface area (TPSA) is 78.9 Å². The molecule has 1 fully saturated rings. The Balaban J connectivity index is 2.23. The van der Waals surface area contributed by atoms with Crippen LogP contribution in [-0.4, -0.2) is 54.7 Å². The van der Waals surface area contributed by atoms with Gasteiger partial charge in [-0.05, 0) is 31.8 Å². The molecule has 1 unspecified atom stereocenters. The van der Waals surface area contributed by atoms with E-state index in [0.29, 0.717) is 5.56 Å². The fourth-order valence-electron chi connectivity index (χ4n) is 2.75. The number of carboxylic acids is 1. The molecular formula is C16H21FN2O4. The third-order valence-electron chi connectivity index (χ3n) is 4.07. The van der Waals surface area contributed by atoms with Gasteiger partial charge in [0.05, 0.1) is 0 Å². The zero-order valence-corrected chi connectivity index (χ0v) is 13.2. The largest absolute Gasteiger partial charge is 0.480 e. The number of likely N-dealkylation sites (N-methyl/N-ethyl adjacent to an activating group) is 1. The molecule has 1 aliphatic rings. The van der Waals surface area contributed by atoms with Gasteiger partial charge in [0.2, 0.25) is 5.91 Å². The summed E-state index contributed by atoms with van der Waals surface area (Å²) in [4.78, 5) is 26.0. The third kappa shape index (κ3) is 3.86. The van der Waals surface area contributed by atoms with Gasteiger partial charge in [-0.15, -0.1) is 0 Å². The van der Waals surface area contributed by atoms with Crippen molar-refractivity contribution < 1.29 is 23.8 Å². The van der Waals surface area contributed by atoms with Gasteiger partial charge in [0.15, 0.2) is 0 Å². The number of aliphatic carboxylic acids is 1. The molecule has 126 valence electrons. The van der Waals surface area contributed by atoms with Crippen molar-refractivity contribution in [1.82, 2.24) is 10.2 Å². The molecule has 1 amide bonds. The van der Waals surface area contributed by atoms with Crippen molar-refractivity contribution in [2.24, 2.45) is 0 Å². The number of carboxylic acid groups (broad SMARTS) is 1. The lowest BCUT2D eigenvalue weighted by Gasteiger charge is -2.36. The summed E-state index contributed by atoms with van der Waals surface area (Å²) >= 11 is 0. The van der Waals surface area contributed by atoms with E-state index in [-0.39, 0.29) is 26.1 Å². The van der Waals surface area contributed by atoms with Gasteiger partial charge in [-0.2, -0.15) is 0 Å². The molecule has 0 radical (unpaired) electrons. The summed E-state index contributed by atoms with van der Waals surface area (Å²) in [5.74, 6) is -1.88. The average Bonchev–Trinajstić information content (AvgIpc) is 2.50. The summed E-state index contributed by atoms with van der Waals surface area (Å²) in [6, 6.07) is 4.91. The Kier molecular flexibility index (Phi) is 5.33. The first kappa shape index (κ1) is 17.4. The summed E-state index contributed by atoms with van der Waals surface area (Å²) in [7, 11) is 3.43. The molecule has 1 saturated heterocycles. The van der Waals surface area contributed by atoms with Crippen LogP contribution >= 0.6 is 0 Å². The van der Waals surface area contributed by atoms with Crippen molar-refractivity contribution in [3.63, 3.8) is 0 Å². The SMILES string of the molecule is CN(C)C(C(=O)NC1(C(=O)O)CCOCC1)c1ccc(F)cc1. The van der Waals surface area contributed by atoms with Crippen molar-refractivity contribution in [1.29, 1.82) is 0 Å². The number of amides is 1. The molecule has 0 spiro atoms. The van der Waals surface area contributed by atoms with Gasteiger partial charge in [-0.25, -0.2) is 9.18 Å². The van der Waals surface area contributed by atoms with Gasteiger partial charge in [0.25, 0.3) is 0 Å². The molecule has 1 atom stereocenters. The second kappa shape index (κ2) is 7.06. The van der Waals surface area contributed by atoms with Gasteiger partial charge in [-0.1, -0.05) is 12.1 Å². The first-order valence-corrected chi connectivity index (χ1v) is 7.41. The van der Waals surface area contributed by atoms with Gasteiger partial charge >= 0.3 is 5.97 Å². The minimum atomic E-state index is -1.32. The Morgan fingerprint density at radius 2 is 1.83 bits per heavy atom. The van der Waals surface area contributed by atoms with E-state index in [9.17, 15) is 19.1 Å². The van der Waals surface area contributed by atoms with Crippen LogP contribution in [0, 0.1) is 5.82 Å². The standard InChI is InChI=1S/C16H21FN2O4/c1-19(2)13(11-3-5-12(17)6-4-11)14(20)18-16(15(21)22)7-9-23-10-8-16/h3-6,13H,7-10H2,1-2H3,(H,18,20)(H,21,22). The van der Waals surface area contributed by atoms with Gasteiger partial charge in [0, 0.05) is 26.1 Å². The number of nitrogens with one attached hydrogen (secondary N) is 1. The van der Waals surface area contributed by atoms with E-state index in [1.807, 2.05) is 0 Å². The summed E-state index contributed by atoms with van der Waals surface area (Å²) in [5, 5.41) is 12.2. The predicted octanol–water partition coefficient (Wildman–Crippen LogP) is 1.18. The smallest absolute Gasteiger partial charge is 0.329 e. The lowest BCUT2D eigenvalue weighted by molar-refractivity contribution is -0.153. The summed E-state index contributed by atoms with van der Waals surface area (Å²) in [6.07, 6.45) is 0.440. The Morgan fingerprint density at radius 1 is 1.26 bits per heavy atom. The molecule has 0 bridgehead atoms. The maximum absolute atomic E-state index is 13.1. The summed E-state index contributed by atoms with van der Waals surface area (Å²) in [5.41, 5.74) is -0.717. The first-order valence-electron chi connectivity index (χ1n) is 7.41. The zero-order chi connectivity index (χ0) is 17.0. The van der Waals surface area contributed by atoms with E-state index in [4.69, 9.17) is 4.74 Å². The monoisotopic (exact) mass is 324 g/mol. The van der Waals surface area contributed by atoms with Crippen molar-refractivity contribution in [3.8, 4) is 0 Å². The van der Waals surface area contributed by atoms with Crippen molar-refractivity contribution in [2.45, 2.75) is 24.4 Å². The fraction of sp³-hybridized carbons (Fsp3) is 0.500. The van der Waals surface area contributed by atoms with Gasteiger partial charge in [0.1, 0.15) is 17.4 Å². The lowest BCUT2D eigenvalue weighted by atomic mass is 9.89. The van der Waals surface area contributed by atoms with E-state index in [1.165, 1.54) is 24.3 Å². The zero-order valence-electron chi connectivity index (χ0n) is 13.2. The number of nitrogens with zero attached hydrogens (tertiary/aromatic N) is 1. The highest BCUT2D eigenvalue weighted by Gasteiger charge is 2.43. The minimum absolute atomic E-state index is 0.220. The molecule has 7 heteroatoms. The lowest BCUT2D eigenvalue weighted by Crippen LogP contribution is -2.59. The first-order chi connectivity index (χ1) is 10.9. The molecule has 0 saturated carbocycles. The van der Waals surface area contributed by atoms with Crippen molar-refractivity contribution in [3.05, 3.63) is 35.6 Å². The molecular weight excluding hydrogens is 303 g/mol. The molecule has 1 aromatic rings. The van der Waals surface area contributed by atoms with Crippen LogP contribution in [0.2, 0.25) is 0 Å². The highest BCUT2D eigenvalue weighted by atomic mass is 19.1. The number of carbonyl (C=O) groups is 2. The Labute approximate surface area is 134 Å². The number of hydrogen-bond acceptors (Lipinski definition) is 4. The number of ether oxygens (including phenoxy) is 1. The minimum Gasteiger partial charge on any atom is -0.480 e. The van der Waals surface area contributed by atoms with E-state index in [2.05, 4.69) is 5.32 Å². The van der Waals surface area contributed by atoms with Crippen LogP contribution in [0.15, 0.2) is 24.3 Å². The molecule has 1 heterocycles. The highest BCUT2D eigenvalue weighted by Crippen LogP contribution is 2.25. The maximum Gasteiger partial charge on any atom is 0.329 e. The van der Waals surface area contributed by atoms with E-state index >= 15 is 0 Å². The predicted molar refractivity (Wildman–Crippen MR) is 81.4 cm³/mol. The summed E-state index contributed by atoms with van der Waals surface area (Å²) in [6.45, 7) is 0.575. The van der Waals surface area contributed by atoms with Gasteiger partial charge < -0.3 is 15.2 Å². The number of benzene rings is 1. The third-order valence-corrected chi connectivity index (χ3v) is 4.07. The molecule has 23 heavy (non-hydrogen) atoms. The van der Waals surface area contributed by atoms with E-state index < -0.39 is 29.3 Å². The molecule has 2 N–H and O–H groups in total. The highest BCUT2D eigenvalue weighted by molar-refractivity contribution is 5.90. The van der Waals surface area contributed by atoms with Crippen LogP contribution in [0.3, 0.4) is 0 Å². The quantitative estimate of drug-likeness (QED) is 0.850. The number of rotatable bonds is 5. The molecule has 1 aromatic carbocycles. The maximum atomic E-state index is 13.1. The second-order valence-corrected chi connectivity index (χ2v) is 5.91. The van der Waals surface area contributed by atoms with Crippen molar-refractivity contribution >= 4 is 11.9 Å². The number of halogens is 1. The van der Waals surface area contributed by atoms with E-state index in [0.717, 1.165) is 0 Å². The Hall–Kier alpha value is -1.99. The molecule has 0 aliphatic carbocycles. The number of carbonyl (C=O) groups excluding carboxylic acids is 1. The normalized spacial score (nSPS) is 18.4. The van der Waals surface area contributed by atoms with Crippen LogP contribution in [-0.2, 0) is 14.3 Å². The van der Waals surface area contributed by atoms with Crippen LogP contribution in [0.25, 0.3) is 0 Å². The van der Waals surface area contributed by atoms with Crippen LogP contribution < -0.4 is 5.32 Å². The Morgan fingerprint density at radius 3 is 2.30 bits per heavy atom.